The number of anilines is 1. The number of imidazole rings is 1. The summed E-state index contributed by atoms with van der Waals surface area (Å²) in [6.07, 6.45) is 3.88. The van der Waals surface area contributed by atoms with Crippen LogP contribution in [0.5, 0.6) is 11.5 Å². The van der Waals surface area contributed by atoms with Gasteiger partial charge in [0.15, 0.2) is 6.61 Å². The fourth-order valence-electron chi connectivity index (χ4n) is 3.24. The lowest BCUT2D eigenvalue weighted by atomic mass is 10.1. The van der Waals surface area contributed by atoms with Crippen LogP contribution in [0.4, 0.5) is 5.69 Å². The van der Waals surface area contributed by atoms with E-state index in [-0.39, 0.29) is 12.5 Å². The van der Waals surface area contributed by atoms with E-state index < -0.39 is 0 Å². The molecule has 1 amide bonds. The number of fused-ring (bicyclic) bond motifs is 1. The first-order chi connectivity index (χ1) is 14.6. The highest BCUT2D eigenvalue weighted by Crippen LogP contribution is 2.23. The van der Waals surface area contributed by atoms with Crippen LogP contribution >= 0.6 is 0 Å². The molecule has 6 heteroatoms. The van der Waals surface area contributed by atoms with Gasteiger partial charge >= 0.3 is 0 Å². The lowest BCUT2D eigenvalue weighted by molar-refractivity contribution is -0.118. The molecule has 4 rings (SSSR count). The summed E-state index contributed by atoms with van der Waals surface area (Å²) < 4.78 is 13.5. The van der Waals surface area contributed by atoms with Crippen molar-refractivity contribution >= 4 is 17.2 Å². The number of hydrogen-bond donors (Lipinski definition) is 1. The maximum Gasteiger partial charge on any atom is 0.262 e. The summed E-state index contributed by atoms with van der Waals surface area (Å²) in [7, 11) is 0. The predicted molar refractivity (Wildman–Crippen MR) is 116 cm³/mol. The van der Waals surface area contributed by atoms with Crippen molar-refractivity contribution in [3.8, 4) is 11.5 Å². The van der Waals surface area contributed by atoms with Crippen LogP contribution in [0.1, 0.15) is 16.8 Å². The molecule has 1 N–H and O–H groups in total. The third-order valence-electron chi connectivity index (χ3n) is 4.67. The summed E-state index contributed by atoms with van der Waals surface area (Å²) in [5.41, 5.74) is 4.37. The van der Waals surface area contributed by atoms with Crippen LogP contribution in [0.25, 0.3) is 5.65 Å². The lowest BCUT2D eigenvalue weighted by Crippen LogP contribution is -2.20. The second kappa shape index (κ2) is 8.69. The molecule has 2 aromatic carbocycles. The maximum absolute atomic E-state index is 12.3. The van der Waals surface area contributed by atoms with Gasteiger partial charge in [0.1, 0.15) is 23.8 Å². The molecule has 2 aromatic heterocycles. The number of ether oxygens (including phenoxy) is 2. The summed E-state index contributed by atoms with van der Waals surface area (Å²) >= 11 is 0. The lowest BCUT2D eigenvalue weighted by Gasteiger charge is -2.12. The number of nitrogens with zero attached hydrogens (tertiary/aromatic N) is 2. The number of carbonyl (C=O) groups excluding carboxylic acids is 1. The van der Waals surface area contributed by atoms with Crippen molar-refractivity contribution in [3.05, 3.63) is 89.9 Å². The molecule has 30 heavy (non-hydrogen) atoms. The summed E-state index contributed by atoms with van der Waals surface area (Å²) in [5, 5.41) is 2.85. The van der Waals surface area contributed by atoms with Crippen LogP contribution in [0.15, 0.2) is 73.1 Å². The number of para-hydroxylation sites is 1. The highest BCUT2D eigenvalue weighted by Gasteiger charge is 2.09. The van der Waals surface area contributed by atoms with Crippen molar-refractivity contribution in [2.75, 3.05) is 11.9 Å². The average molecular weight is 401 g/mol. The second-order valence-electron chi connectivity index (χ2n) is 7.07. The molecule has 0 fully saturated rings. The monoisotopic (exact) mass is 401 g/mol. The smallest absolute Gasteiger partial charge is 0.262 e. The van der Waals surface area contributed by atoms with Crippen molar-refractivity contribution in [3.63, 3.8) is 0 Å². The number of nitrogens with one attached hydrogen (secondary N) is 1. The van der Waals surface area contributed by atoms with Gasteiger partial charge in [-0.1, -0.05) is 30.3 Å². The van der Waals surface area contributed by atoms with Gasteiger partial charge in [0.2, 0.25) is 0 Å². The van der Waals surface area contributed by atoms with E-state index in [0.29, 0.717) is 18.0 Å². The van der Waals surface area contributed by atoms with Crippen LogP contribution in [0.3, 0.4) is 0 Å². The largest absolute Gasteiger partial charge is 0.487 e. The number of aryl methyl sites for hydroxylation is 2. The molecule has 2 heterocycles. The molecule has 0 aliphatic carbocycles. The zero-order valence-electron chi connectivity index (χ0n) is 17.0. The molecule has 0 spiro atoms. The van der Waals surface area contributed by atoms with Crippen molar-refractivity contribution < 1.29 is 14.3 Å². The van der Waals surface area contributed by atoms with Gasteiger partial charge in [0.05, 0.1) is 5.69 Å². The first-order valence-corrected chi connectivity index (χ1v) is 9.73. The van der Waals surface area contributed by atoms with Crippen LogP contribution in [0, 0.1) is 13.8 Å². The molecule has 0 aliphatic rings. The van der Waals surface area contributed by atoms with Crippen molar-refractivity contribution in [2.24, 2.45) is 0 Å². The second-order valence-corrected chi connectivity index (χ2v) is 7.07. The van der Waals surface area contributed by atoms with Gasteiger partial charge in [-0.25, -0.2) is 4.98 Å². The van der Waals surface area contributed by atoms with Gasteiger partial charge in [-0.3, -0.25) is 4.79 Å². The number of hydrogen-bond acceptors (Lipinski definition) is 4. The molecule has 0 atom stereocenters. The third-order valence-corrected chi connectivity index (χ3v) is 4.67. The Kier molecular flexibility index (Phi) is 5.66. The first-order valence-electron chi connectivity index (χ1n) is 9.73. The molecule has 0 aliphatic heterocycles. The molecule has 4 aromatic rings. The standard InChI is InChI=1S/C24H23N3O3/c1-17-7-5-8-18(2)24(17)30-16-23(28)26-19-9-6-10-21(13-19)29-15-20-14-27-12-4-3-11-22(27)25-20/h3-14H,15-16H2,1-2H3,(H,26,28). The minimum Gasteiger partial charge on any atom is -0.487 e. The van der Waals surface area contributed by atoms with Gasteiger partial charge in [-0.2, -0.15) is 0 Å². The molecular weight excluding hydrogens is 378 g/mol. The Morgan fingerprint density at radius 2 is 1.80 bits per heavy atom. The number of rotatable bonds is 7. The zero-order valence-corrected chi connectivity index (χ0v) is 17.0. The van der Waals surface area contributed by atoms with E-state index in [9.17, 15) is 4.79 Å². The Bertz CT molecular complexity index is 1130. The van der Waals surface area contributed by atoms with E-state index in [0.717, 1.165) is 28.2 Å². The number of aromatic nitrogens is 2. The average Bonchev–Trinajstić information content (AvgIpc) is 3.15. The van der Waals surface area contributed by atoms with Crippen molar-refractivity contribution in [1.82, 2.24) is 9.38 Å². The Morgan fingerprint density at radius 1 is 1.00 bits per heavy atom. The third kappa shape index (κ3) is 4.60. The Balaban J connectivity index is 1.34. The van der Waals surface area contributed by atoms with Gasteiger partial charge in [-0.15, -0.1) is 0 Å². The minimum atomic E-state index is -0.227. The number of amides is 1. The van der Waals surface area contributed by atoms with Crippen molar-refractivity contribution in [1.29, 1.82) is 0 Å². The highest BCUT2D eigenvalue weighted by atomic mass is 16.5. The van der Waals surface area contributed by atoms with E-state index in [1.807, 2.05) is 85.2 Å². The minimum absolute atomic E-state index is 0.0575. The van der Waals surface area contributed by atoms with Gasteiger partial charge in [-0.05, 0) is 49.2 Å². The molecule has 0 radical (unpaired) electrons. The summed E-state index contributed by atoms with van der Waals surface area (Å²) in [5.74, 6) is 1.17. The molecule has 6 nitrogen and oxygen atoms in total. The number of pyridine rings is 1. The van der Waals surface area contributed by atoms with Crippen LogP contribution in [-0.2, 0) is 11.4 Å². The normalized spacial score (nSPS) is 10.7. The predicted octanol–water partition coefficient (Wildman–Crippen LogP) is 4.55. The van der Waals surface area contributed by atoms with E-state index in [1.54, 1.807) is 6.07 Å². The van der Waals surface area contributed by atoms with Gasteiger partial charge < -0.3 is 19.2 Å². The van der Waals surface area contributed by atoms with Gasteiger partial charge in [0, 0.05) is 24.1 Å². The Labute approximate surface area is 175 Å². The van der Waals surface area contributed by atoms with E-state index in [1.165, 1.54) is 0 Å². The van der Waals surface area contributed by atoms with Crippen LogP contribution in [-0.4, -0.2) is 21.9 Å². The Morgan fingerprint density at radius 3 is 2.60 bits per heavy atom. The summed E-state index contributed by atoms with van der Waals surface area (Å²) in [4.78, 5) is 16.8. The van der Waals surface area contributed by atoms with E-state index in [4.69, 9.17) is 9.47 Å². The topological polar surface area (TPSA) is 64.9 Å². The molecule has 152 valence electrons. The summed E-state index contributed by atoms with van der Waals surface area (Å²) in [6, 6.07) is 19.0. The van der Waals surface area contributed by atoms with Crippen LogP contribution < -0.4 is 14.8 Å². The highest BCUT2D eigenvalue weighted by molar-refractivity contribution is 5.92. The van der Waals surface area contributed by atoms with E-state index in [2.05, 4.69) is 10.3 Å². The first kappa shape index (κ1) is 19.5. The number of benzene rings is 2. The van der Waals surface area contributed by atoms with Gasteiger partial charge in [0.25, 0.3) is 5.91 Å². The molecule has 0 saturated heterocycles. The Hall–Kier alpha value is -3.80. The molecule has 0 bridgehead atoms. The van der Waals surface area contributed by atoms with Crippen LogP contribution in [0.2, 0.25) is 0 Å². The quantitative estimate of drug-likeness (QED) is 0.494. The molecule has 0 saturated carbocycles. The molecule has 0 unspecified atom stereocenters. The maximum atomic E-state index is 12.3. The fourth-order valence-corrected chi connectivity index (χ4v) is 3.24. The molecular formula is C24H23N3O3. The van der Waals surface area contributed by atoms with E-state index >= 15 is 0 Å². The zero-order chi connectivity index (χ0) is 20.9. The fraction of sp³-hybridized carbons (Fsp3) is 0.167. The number of carbonyl (C=O) groups is 1. The SMILES string of the molecule is Cc1cccc(C)c1OCC(=O)Nc1cccc(OCc2cn3ccccc3n2)c1. The summed E-state index contributed by atoms with van der Waals surface area (Å²) in [6.45, 7) is 4.21. The van der Waals surface area contributed by atoms with Crippen molar-refractivity contribution in [2.45, 2.75) is 20.5 Å².